The molecule has 0 fully saturated rings. The van der Waals surface area contributed by atoms with Crippen LogP contribution in [0.4, 0.5) is 0 Å². The minimum absolute atomic E-state index is 0.610. The van der Waals surface area contributed by atoms with E-state index in [0.29, 0.717) is 5.92 Å². The maximum absolute atomic E-state index is 5.75. The quantitative estimate of drug-likeness (QED) is 0.622. The Balaban J connectivity index is 2.43. The summed E-state index contributed by atoms with van der Waals surface area (Å²) >= 11 is 12.6. The van der Waals surface area contributed by atoms with Crippen molar-refractivity contribution in [1.29, 1.82) is 0 Å². The first kappa shape index (κ1) is 14.3. The standard InChI is InChI=1S/C12H15Br2ClO/c1-9(5-7-15)6-8-16-12-10(13)3-2-4-11(12)14/h2-4,9H,5-8H2,1H3. The molecule has 0 heterocycles. The van der Waals surface area contributed by atoms with E-state index in [9.17, 15) is 0 Å². The Hall–Kier alpha value is 0.270. The number of benzene rings is 1. The van der Waals surface area contributed by atoms with Gasteiger partial charge in [-0.25, -0.2) is 0 Å². The van der Waals surface area contributed by atoms with Crippen LogP contribution >= 0.6 is 43.5 Å². The van der Waals surface area contributed by atoms with Crippen molar-refractivity contribution < 1.29 is 4.74 Å². The van der Waals surface area contributed by atoms with E-state index in [1.807, 2.05) is 18.2 Å². The Bertz CT molecular complexity index is 311. The zero-order chi connectivity index (χ0) is 12.0. The molecule has 1 atom stereocenters. The molecule has 0 saturated heterocycles. The molecule has 1 nitrogen and oxygen atoms in total. The fourth-order valence-corrected chi connectivity index (χ4v) is 2.91. The summed E-state index contributed by atoms with van der Waals surface area (Å²) in [6.07, 6.45) is 2.07. The molecule has 0 radical (unpaired) electrons. The Labute approximate surface area is 119 Å². The van der Waals surface area contributed by atoms with Gasteiger partial charge in [0, 0.05) is 5.88 Å². The van der Waals surface area contributed by atoms with Gasteiger partial charge >= 0.3 is 0 Å². The zero-order valence-corrected chi connectivity index (χ0v) is 13.1. The smallest absolute Gasteiger partial charge is 0.147 e. The molecule has 1 unspecified atom stereocenters. The molecule has 0 aliphatic rings. The van der Waals surface area contributed by atoms with Crippen LogP contribution < -0.4 is 4.74 Å². The van der Waals surface area contributed by atoms with Crippen molar-refractivity contribution in [3.8, 4) is 5.75 Å². The highest BCUT2D eigenvalue weighted by molar-refractivity contribution is 9.11. The van der Waals surface area contributed by atoms with Gasteiger partial charge in [-0.1, -0.05) is 13.0 Å². The highest BCUT2D eigenvalue weighted by Crippen LogP contribution is 2.33. The number of para-hydroxylation sites is 1. The Morgan fingerprint density at radius 3 is 2.44 bits per heavy atom. The highest BCUT2D eigenvalue weighted by Gasteiger charge is 2.07. The molecule has 4 heteroatoms. The number of hydrogen-bond donors (Lipinski definition) is 0. The summed E-state index contributed by atoms with van der Waals surface area (Å²) in [6.45, 7) is 2.92. The third-order valence-corrected chi connectivity index (χ3v) is 3.85. The van der Waals surface area contributed by atoms with Crippen molar-refractivity contribution in [3.05, 3.63) is 27.1 Å². The van der Waals surface area contributed by atoms with Crippen LogP contribution in [0.3, 0.4) is 0 Å². The highest BCUT2D eigenvalue weighted by atomic mass is 79.9. The van der Waals surface area contributed by atoms with Crippen molar-refractivity contribution in [1.82, 2.24) is 0 Å². The topological polar surface area (TPSA) is 9.23 Å². The summed E-state index contributed by atoms with van der Waals surface area (Å²) in [5.41, 5.74) is 0. The van der Waals surface area contributed by atoms with E-state index in [4.69, 9.17) is 16.3 Å². The van der Waals surface area contributed by atoms with Crippen molar-refractivity contribution >= 4 is 43.5 Å². The first-order chi connectivity index (χ1) is 7.65. The van der Waals surface area contributed by atoms with Crippen molar-refractivity contribution in [2.45, 2.75) is 19.8 Å². The van der Waals surface area contributed by atoms with Crippen LogP contribution in [-0.4, -0.2) is 12.5 Å². The molecule has 0 amide bonds. The lowest BCUT2D eigenvalue weighted by molar-refractivity contribution is 0.279. The van der Waals surface area contributed by atoms with E-state index >= 15 is 0 Å². The summed E-state index contributed by atoms with van der Waals surface area (Å²) in [7, 11) is 0. The normalized spacial score (nSPS) is 12.5. The van der Waals surface area contributed by atoms with Gasteiger partial charge in [-0.15, -0.1) is 11.6 Å². The van der Waals surface area contributed by atoms with Gasteiger partial charge < -0.3 is 4.74 Å². The number of halogens is 3. The fourth-order valence-electron chi connectivity index (χ4n) is 1.31. The summed E-state index contributed by atoms with van der Waals surface area (Å²) in [5.74, 6) is 2.21. The van der Waals surface area contributed by atoms with Gasteiger partial charge in [0.25, 0.3) is 0 Å². The molecule has 0 N–H and O–H groups in total. The average Bonchev–Trinajstić information content (AvgIpc) is 2.23. The van der Waals surface area contributed by atoms with Gasteiger partial charge in [-0.05, 0) is 62.8 Å². The van der Waals surface area contributed by atoms with Crippen LogP contribution in [-0.2, 0) is 0 Å². The van der Waals surface area contributed by atoms with Gasteiger partial charge in [0.2, 0.25) is 0 Å². The number of hydrogen-bond acceptors (Lipinski definition) is 1. The molecular formula is C12H15Br2ClO. The lowest BCUT2D eigenvalue weighted by Gasteiger charge is -2.13. The van der Waals surface area contributed by atoms with E-state index in [1.54, 1.807) is 0 Å². The number of ether oxygens (including phenoxy) is 1. The third-order valence-electron chi connectivity index (χ3n) is 2.38. The maximum Gasteiger partial charge on any atom is 0.147 e. The monoisotopic (exact) mass is 368 g/mol. The summed E-state index contributed by atoms with van der Waals surface area (Å²) in [5, 5.41) is 0. The predicted octanol–water partition coefficient (Wildman–Crippen LogP) is 5.25. The Kier molecular flexibility index (Phi) is 6.78. The zero-order valence-electron chi connectivity index (χ0n) is 9.18. The molecule has 1 aromatic rings. The van der Waals surface area contributed by atoms with Crippen molar-refractivity contribution in [3.63, 3.8) is 0 Å². The second-order valence-corrected chi connectivity index (χ2v) is 5.86. The third kappa shape index (κ3) is 4.64. The van der Waals surface area contributed by atoms with Crippen molar-refractivity contribution in [2.75, 3.05) is 12.5 Å². The molecule has 0 saturated carbocycles. The van der Waals surface area contributed by atoms with Crippen LogP contribution in [0, 0.1) is 5.92 Å². The van der Waals surface area contributed by atoms with E-state index < -0.39 is 0 Å². The molecule has 1 rings (SSSR count). The van der Waals surface area contributed by atoms with E-state index in [-0.39, 0.29) is 0 Å². The van der Waals surface area contributed by atoms with Crippen LogP contribution in [0.1, 0.15) is 19.8 Å². The SMILES string of the molecule is CC(CCCl)CCOc1c(Br)cccc1Br. The van der Waals surface area contributed by atoms with E-state index in [1.165, 1.54) is 0 Å². The molecule has 0 aromatic heterocycles. The first-order valence-electron chi connectivity index (χ1n) is 5.28. The van der Waals surface area contributed by atoms with Gasteiger partial charge in [0.15, 0.2) is 0 Å². The molecule has 0 aliphatic carbocycles. The predicted molar refractivity (Wildman–Crippen MR) is 76.5 cm³/mol. The van der Waals surface area contributed by atoms with E-state index in [2.05, 4.69) is 38.8 Å². The summed E-state index contributed by atoms with van der Waals surface area (Å²) < 4.78 is 7.70. The first-order valence-corrected chi connectivity index (χ1v) is 7.40. The average molecular weight is 371 g/mol. The minimum Gasteiger partial charge on any atom is -0.491 e. The van der Waals surface area contributed by atoms with Crippen LogP contribution in [0.2, 0.25) is 0 Å². The maximum atomic E-state index is 5.75. The minimum atomic E-state index is 0.610. The molecule has 1 aromatic carbocycles. The van der Waals surface area contributed by atoms with Gasteiger partial charge in [0.1, 0.15) is 5.75 Å². The summed E-state index contributed by atoms with van der Waals surface area (Å²) in [4.78, 5) is 0. The van der Waals surface area contributed by atoms with Crippen LogP contribution in [0.15, 0.2) is 27.1 Å². The number of alkyl halides is 1. The number of rotatable bonds is 6. The Morgan fingerprint density at radius 2 is 1.88 bits per heavy atom. The van der Waals surface area contributed by atoms with Crippen LogP contribution in [0.25, 0.3) is 0 Å². The molecule has 0 bridgehead atoms. The van der Waals surface area contributed by atoms with Gasteiger partial charge in [0.05, 0.1) is 15.6 Å². The second-order valence-electron chi connectivity index (χ2n) is 3.77. The Morgan fingerprint density at radius 1 is 1.25 bits per heavy atom. The molecular weight excluding hydrogens is 355 g/mol. The molecule has 0 aliphatic heterocycles. The van der Waals surface area contributed by atoms with E-state index in [0.717, 1.165) is 40.0 Å². The van der Waals surface area contributed by atoms with Crippen LogP contribution in [0.5, 0.6) is 5.75 Å². The lowest BCUT2D eigenvalue weighted by atomic mass is 10.1. The second kappa shape index (κ2) is 7.57. The lowest BCUT2D eigenvalue weighted by Crippen LogP contribution is -2.05. The molecule has 90 valence electrons. The summed E-state index contributed by atoms with van der Waals surface area (Å²) in [6, 6.07) is 5.92. The fraction of sp³-hybridized carbons (Fsp3) is 0.500. The molecule has 16 heavy (non-hydrogen) atoms. The largest absolute Gasteiger partial charge is 0.491 e. The van der Waals surface area contributed by atoms with Gasteiger partial charge in [-0.2, -0.15) is 0 Å². The molecule has 0 spiro atoms. The van der Waals surface area contributed by atoms with Gasteiger partial charge in [-0.3, -0.25) is 0 Å². The van der Waals surface area contributed by atoms with Crippen molar-refractivity contribution in [2.24, 2.45) is 5.92 Å².